The van der Waals surface area contributed by atoms with Gasteiger partial charge >= 0.3 is 0 Å². The normalized spacial score (nSPS) is 15.1. The number of rotatable bonds is 5. The number of fused-ring (bicyclic) bond motifs is 1. The summed E-state index contributed by atoms with van der Waals surface area (Å²) in [5, 5.41) is 9.05. The van der Waals surface area contributed by atoms with Gasteiger partial charge in [-0.1, -0.05) is 34.5 Å². The lowest BCUT2D eigenvalue weighted by atomic mass is 9.96. The van der Waals surface area contributed by atoms with E-state index in [1.165, 1.54) is 11.8 Å². The van der Waals surface area contributed by atoms with E-state index in [0.717, 1.165) is 0 Å². The van der Waals surface area contributed by atoms with Crippen LogP contribution in [0.25, 0.3) is 11.2 Å². The Hall–Kier alpha value is -2.49. The van der Waals surface area contributed by atoms with E-state index in [1.54, 1.807) is 23.1 Å². The van der Waals surface area contributed by atoms with Gasteiger partial charge in [0.25, 0.3) is 5.56 Å². The van der Waals surface area contributed by atoms with E-state index in [4.69, 9.17) is 27.9 Å². The SMILES string of the molecule is COCC(=O)N1CCC(c2nc3c(nnn3Cc3c(Cl)cccc3Cl)c(=O)[nH]2)CC1. The van der Waals surface area contributed by atoms with Crippen molar-refractivity contribution in [2.45, 2.75) is 25.3 Å². The minimum absolute atomic E-state index is 0.0287. The predicted molar refractivity (Wildman–Crippen MR) is 112 cm³/mol. The zero-order chi connectivity index (χ0) is 21.3. The number of hydrogen-bond acceptors (Lipinski definition) is 6. The number of aromatic amines is 1. The largest absolute Gasteiger partial charge is 0.375 e. The zero-order valence-electron chi connectivity index (χ0n) is 16.3. The second kappa shape index (κ2) is 8.71. The Morgan fingerprint density at radius 3 is 2.63 bits per heavy atom. The van der Waals surface area contributed by atoms with Gasteiger partial charge in [0.15, 0.2) is 11.2 Å². The molecule has 30 heavy (non-hydrogen) atoms. The van der Waals surface area contributed by atoms with Gasteiger partial charge in [-0.2, -0.15) is 0 Å². The number of nitrogens with zero attached hydrogens (tertiary/aromatic N) is 5. The average molecular weight is 451 g/mol. The van der Waals surface area contributed by atoms with Crippen molar-refractivity contribution in [3.05, 3.63) is 50.0 Å². The first-order chi connectivity index (χ1) is 14.5. The fourth-order valence-electron chi connectivity index (χ4n) is 3.63. The molecule has 0 bridgehead atoms. The van der Waals surface area contributed by atoms with Crippen molar-refractivity contribution >= 4 is 40.3 Å². The van der Waals surface area contributed by atoms with Gasteiger partial charge in [-0.3, -0.25) is 9.59 Å². The third kappa shape index (κ3) is 4.05. The Morgan fingerprint density at radius 1 is 1.27 bits per heavy atom. The third-order valence-corrected chi connectivity index (χ3v) is 5.97. The Morgan fingerprint density at radius 2 is 1.97 bits per heavy atom. The molecule has 0 saturated carbocycles. The van der Waals surface area contributed by atoms with Crippen LogP contribution >= 0.6 is 23.2 Å². The number of nitrogens with one attached hydrogen (secondary N) is 1. The van der Waals surface area contributed by atoms with E-state index in [0.29, 0.717) is 53.0 Å². The average Bonchev–Trinajstić information content (AvgIpc) is 3.14. The number of amides is 1. The van der Waals surface area contributed by atoms with Crippen LogP contribution < -0.4 is 5.56 Å². The molecule has 0 atom stereocenters. The van der Waals surface area contributed by atoms with Gasteiger partial charge in [0.05, 0.1) is 6.54 Å². The first-order valence-electron chi connectivity index (χ1n) is 9.51. The number of carbonyl (C=O) groups is 1. The molecular weight excluding hydrogens is 431 g/mol. The highest BCUT2D eigenvalue weighted by Gasteiger charge is 2.26. The minimum Gasteiger partial charge on any atom is -0.375 e. The molecule has 1 amide bonds. The third-order valence-electron chi connectivity index (χ3n) is 5.26. The highest BCUT2D eigenvalue weighted by Crippen LogP contribution is 2.27. The van der Waals surface area contributed by atoms with Gasteiger partial charge in [0.2, 0.25) is 5.91 Å². The molecule has 3 heterocycles. The summed E-state index contributed by atoms with van der Waals surface area (Å²) in [5.74, 6) is 0.563. The first kappa shape index (κ1) is 20.8. The van der Waals surface area contributed by atoms with Crippen LogP contribution in [0, 0.1) is 0 Å². The molecule has 3 aromatic rings. The van der Waals surface area contributed by atoms with E-state index < -0.39 is 0 Å². The molecule has 9 nitrogen and oxygen atoms in total. The number of H-pyrrole nitrogens is 1. The molecule has 1 aliphatic rings. The number of halogens is 2. The number of aromatic nitrogens is 5. The van der Waals surface area contributed by atoms with Gasteiger partial charge in [-0.05, 0) is 25.0 Å². The predicted octanol–water partition coefficient (Wildman–Crippen LogP) is 2.22. The molecule has 1 fully saturated rings. The first-order valence-corrected chi connectivity index (χ1v) is 10.3. The van der Waals surface area contributed by atoms with Crippen molar-refractivity contribution in [2.24, 2.45) is 0 Å². The van der Waals surface area contributed by atoms with Crippen LogP contribution in [0.15, 0.2) is 23.0 Å². The van der Waals surface area contributed by atoms with E-state index >= 15 is 0 Å². The highest BCUT2D eigenvalue weighted by atomic mass is 35.5. The van der Waals surface area contributed by atoms with Gasteiger partial charge in [-0.25, -0.2) is 9.67 Å². The molecule has 0 spiro atoms. The Balaban J connectivity index is 1.60. The number of ether oxygens (including phenoxy) is 1. The molecule has 0 unspecified atom stereocenters. The van der Waals surface area contributed by atoms with Crippen LogP contribution in [0.2, 0.25) is 10.0 Å². The summed E-state index contributed by atoms with van der Waals surface area (Å²) < 4.78 is 6.44. The zero-order valence-corrected chi connectivity index (χ0v) is 17.8. The summed E-state index contributed by atoms with van der Waals surface area (Å²) >= 11 is 12.5. The van der Waals surface area contributed by atoms with Crippen molar-refractivity contribution < 1.29 is 9.53 Å². The molecule has 11 heteroatoms. The standard InChI is InChI=1S/C19H20Cl2N6O3/c1-30-10-15(28)26-7-5-11(6-8-26)17-22-18-16(19(29)23-17)24-25-27(18)9-12-13(20)3-2-4-14(12)21/h2-4,11H,5-10H2,1H3,(H,22,23,29). The topological polar surface area (TPSA) is 106 Å². The number of piperidine rings is 1. The minimum atomic E-state index is -0.343. The number of hydrogen-bond donors (Lipinski definition) is 1. The molecule has 1 aliphatic heterocycles. The van der Waals surface area contributed by atoms with E-state index in [2.05, 4.69) is 20.3 Å². The van der Waals surface area contributed by atoms with Crippen molar-refractivity contribution in [3.63, 3.8) is 0 Å². The van der Waals surface area contributed by atoms with Crippen LogP contribution in [-0.2, 0) is 16.1 Å². The van der Waals surface area contributed by atoms with E-state index in [-0.39, 0.29) is 36.1 Å². The molecule has 1 saturated heterocycles. The van der Waals surface area contributed by atoms with Gasteiger partial charge < -0.3 is 14.6 Å². The fourth-order valence-corrected chi connectivity index (χ4v) is 4.15. The fraction of sp³-hybridized carbons (Fsp3) is 0.421. The molecule has 0 aliphatic carbocycles. The Labute approximate surface area is 181 Å². The lowest BCUT2D eigenvalue weighted by Gasteiger charge is -2.31. The van der Waals surface area contributed by atoms with Gasteiger partial charge in [0, 0.05) is 41.7 Å². The second-order valence-corrected chi connectivity index (χ2v) is 7.97. The van der Waals surface area contributed by atoms with E-state index in [1.807, 2.05) is 0 Å². The van der Waals surface area contributed by atoms with Crippen molar-refractivity contribution in [1.29, 1.82) is 0 Å². The van der Waals surface area contributed by atoms with Crippen LogP contribution in [0.1, 0.15) is 30.1 Å². The maximum Gasteiger partial charge on any atom is 0.281 e. The molecule has 0 radical (unpaired) electrons. The second-order valence-electron chi connectivity index (χ2n) is 7.16. The lowest BCUT2D eigenvalue weighted by Crippen LogP contribution is -2.40. The van der Waals surface area contributed by atoms with Gasteiger partial charge in [0.1, 0.15) is 12.4 Å². The Bertz CT molecular complexity index is 1120. The van der Waals surface area contributed by atoms with Crippen LogP contribution in [0.4, 0.5) is 0 Å². The van der Waals surface area contributed by atoms with Gasteiger partial charge in [-0.15, -0.1) is 5.10 Å². The number of likely N-dealkylation sites (tertiary alicyclic amines) is 1. The van der Waals surface area contributed by atoms with Crippen molar-refractivity contribution in [1.82, 2.24) is 29.9 Å². The summed E-state index contributed by atoms with van der Waals surface area (Å²) in [6.45, 7) is 1.48. The maximum atomic E-state index is 12.6. The quantitative estimate of drug-likeness (QED) is 0.638. The summed E-state index contributed by atoms with van der Waals surface area (Å²) in [6, 6.07) is 5.25. The molecule has 1 aromatic carbocycles. The summed E-state index contributed by atoms with van der Waals surface area (Å²) in [6.07, 6.45) is 1.39. The van der Waals surface area contributed by atoms with Crippen LogP contribution in [0.5, 0.6) is 0 Å². The number of methoxy groups -OCH3 is 1. The number of benzene rings is 1. The van der Waals surface area contributed by atoms with Crippen LogP contribution in [-0.4, -0.2) is 62.6 Å². The lowest BCUT2D eigenvalue weighted by molar-refractivity contribution is -0.136. The summed E-state index contributed by atoms with van der Waals surface area (Å²) in [5.41, 5.74) is 0.878. The Kier molecular flexibility index (Phi) is 6.03. The smallest absolute Gasteiger partial charge is 0.281 e. The molecule has 1 N–H and O–H groups in total. The number of carbonyl (C=O) groups excluding carboxylic acids is 1. The molecule has 2 aromatic heterocycles. The summed E-state index contributed by atoms with van der Waals surface area (Å²) in [4.78, 5) is 33.8. The monoisotopic (exact) mass is 450 g/mol. The van der Waals surface area contributed by atoms with Crippen molar-refractivity contribution in [2.75, 3.05) is 26.8 Å². The molecular formula is C19H20Cl2N6O3. The maximum absolute atomic E-state index is 12.6. The van der Waals surface area contributed by atoms with Crippen molar-refractivity contribution in [3.8, 4) is 0 Å². The van der Waals surface area contributed by atoms with Crippen LogP contribution in [0.3, 0.4) is 0 Å². The van der Waals surface area contributed by atoms with E-state index in [9.17, 15) is 9.59 Å². The highest BCUT2D eigenvalue weighted by molar-refractivity contribution is 6.36. The molecule has 4 rings (SSSR count). The molecule has 158 valence electrons. The summed E-state index contributed by atoms with van der Waals surface area (Å²) in [7, 11) is 1.50.